The number of nitrogens with one attached hydrogen (secondary N) is 1. The molecule has 24 heavy (non-hydrogen) atoms. The first kappa shape index (κ1) is 17.7. The second-order valence-corrected chi connectivity index (χ2v) is 5.81. The van der Waals surface area contributed by atoms with E-state index >= 15 is 0 Å². The largest absolute Gasteiger partial charge is 0.382 e. The van der Waals surface area contributed by atoms with Crippen molar-refractivity contribution in [2.45, 2.75) is 45.4 Å². The molecule has 2 aromatic rings. The van der Waals surface area contributed by atoms with Crippen molar-refractivity contribution in [2.75, 3.05) is 11.1 Å². The molecule has 1 aliphatic carbocycles. The molecule has 7 nitrogen and oxygen atoms in total. The molecule has 0 spiro atoms. The van der Waals surface area contributed by atoms with Crippen LogP contribution in [-0.2, 0) is 0 Å². The number of nitrogens with zero attached hydrogens (tertiary/aromatic N) is 3. The first-order valence-electron chi connectivity index (χ1n) is 8.20. The molecular weight excluding hydrogens is 304 g/mol. The Hall–Kier alpha value is -2.70. The minimum Gasteiger partial charge on any atom is -0.382 e. The molecule has 0 atom stereocenters. The van der Waals surface area contributed by atoms with Crippen LogP contribution in [0, 0.1) is 6.92 Å². The van der Waals surface area contributed by atoms with E-state index in [1.165, 1.54) is 44.6 Å². The lowest BCUT2D eigenvalue weighted by Crippen LogP contribution is -2.17. The van der Waals surface area contributed by atoms with Gasteiger partial charge in [0, 0.05) is 11.8 Å². The molecular formula is C17H24N6O. The van der Waals surface area contributed by atoms with Gasteiger partial charge in [-0.15, -0.1) is 10.2 Å². The molecule has 1 amide bonds. The Morgan fingerprint density at radius 1 is 1.08 bits per heavy atom. The maximum absolute atomic E-state index is 11.2. The number of primary amides is 1. The van der Waals surface area contributed by atoms with Gasteiger partial charge in [-0.05, 0) is 19.1 Å². The average Bonchev–Trinajstić information content (AvgIpc) is 2.57. The lowest BCUT2D eigenvalue weighted by molar-refractivity contribution is 0.0995. The van der Waals surface area contributed by atoms with E-state index in [9.17, 15) is 4.79 Å². The van der Waals surface area contributed by atoms with E-state index in [4.69, 9.17) is 11.5 Å². The number of aromatic nitrogens is 3. The van der Waals surface area contributed by atoms with Crippen molar-refractivity contribution in [3.05, 3.63) is 35.7 Å². The zero-order valence-electron chi connectivity index (χ0n) is 14.0. The van der Waals surface area contributed by atoms with Gasteiger partial charge in [-0.2, -0.15) is 0 Å². The number of nitrogens with two attached hydrogens (primary N) is 2. The third-order valence-electron chi connectivity index (χ3n) is 3.70. The highest BCUT2D eigenvalue weighted by atomic mass is 16.1. The topological polar surface area (TPSA) is 120 Å². The molecule has 0 saturated heterocycles. The first-order chi connectivity index (χ1) is 11.6. The highest BCUT2D eigenvalue weighted by Gasteiger charge is 2.12. The Kier molecular flexibility index (Phi) is 6.48. The number of anilines is 3. The van der Waals surface area contributed by atoms with Crippen molar-refractivity contribution < 1.29 is 4.79 Å². The molecule has 2 aromatic heterocycles. The highest BCUT2D eigenvalue weighted by molar-refractivity contribution is 5.97. The molecule has 2 heterocycles. The lowest BCUT2D eigenvalue weighted by atomic mass is 10.0. The van der Waals surface area contributed by atoms with Gasteiger partial charge < -0.3 is 16.8 Å². The predicted octanol–water partition coefficient (Wildman–Crippen LogP) is 2.95. The summed E-state index contributed by atoms with van der Waals surface area (Å²) < 4.78 is 0. The van der Waals surface area contributed by atoms with E-state index in [1.807, 2.05) is 19.1 Å². The second kappa shape index (κ2) is 8.81. The number of pyridine rings is 1. The molecule has 1 fully saturated rings. The van der Waals surface area contributed by atoms with Gasteiger partial charge in [0.25, 0.3) is 5.91 Å². The number of hydrogen-bond donors (Lipinski definition) is 3. The molecule has 5 N–H and O–H groups in total. The summed E-state index contributed by atoms with van der Waals surface area (Å²) in [5, 5.41) is 10.2. The summed E-state index contributed by atoms with van der Waals surface area (Å²) in [5.41, 5.74) is 12.0. The van der Waals surface area contributed by atoms with Crippen molar-refractivity contribution in [3.8, 4) is 0 Å². The second-order valence-electron chi connectivity index (χ2n) is 5.81. The van der Waals surface area contributed by atoms with Crippen LogP contribution in [0.4, 0.5) is 17.3 Å². The fraction of sp³-hybridized carbons (Fsp3) is 0.412. The summed E-state index contributed by atoms with van der Waals surface area (Å²) in [4.78, 5) is 15.5. The molecule has 0 aliphatic heterocycles. The number of rotatable bonds is 3. The summed E-state index contributed by atoms with van der Waals surface area (Å²) in [6.45, 7) is 1.86. The highest BCUT2D eigenvalue weighted by Crippen LogP contribution is 2.19. The molecule has 1 aliphatic rings. The number of aryl methyl sites for hydroxylation is 1. The smallest absolute Gasteiger partial charge is 0.271 e. The minimum atomic E-state index is -0.683. The molecule has 0 bridgehead atoms. The van der Waals surface area contributed by atoms with Gasteiger partial charge in [0.05, 0.1) is 5.69 Å². The third kappa shape index (κ3) is 5.49. The number of carbonyl (C=O) groups excluding carboxylic acids is 1. The maximum Gasteiger partial charge on any atom is 0.271 e. The summed E-state index contributed by atoms with van der Waals surface area (Å²) in [6.07, 6.45) is 9.00. The van der Waals surface area contributed by atoms with Crippen molar-refractivity contribution >= 4 is 23.2 Å². The minimum absolute atomic E-state index is 0.0208. The van der Waals surface area contributed by atoms with Gasteiger partial charge in [0.2, 0.25) is 0 Å². The maximum atomic E-state index is 11.2. The average molecular weight is 328 g/mol. The Morgan fingerprint density at radius 2 is 1.71 bits per heavy atom. The van der Waals surface area contributed by atoms with Gasteiger partial charge in [0.1, 0.15) is 11.6 Å². The molecule has 128 valence electrons. The van der Waals surface area contributed by atoms with Crippen LogP contribution in [0.2, 0.25) is 0 Å². The van der Waals surface area contributed by atoms with Crippen LogP contribution in [0.25, 0.3) is 0 Å². The van der Waals surface area contributed by atoms with E-state index in [2.05, 4.69) is 20.5 Å². The van der Waals surface area contributed by atoms with Crippen LogP contribution in [-0.4, -0.2) is 21.1 Å². The Labute approximate surface area is 141 Å². The van der Waals surface area contributed by atoms with Crippen LogP contribution < -0.4 is 16.8 Å². The molecule has 0 radical (unpaired) electrons. The van der Waals surface area contributed by atoms with Crippen LogP contribution in [0.5, 0.6) is 0 Å². The quantitative estimate of drug-likeness (QED) is 0.796. The molecule has 3 rings (SSSR count). The Balaban J connectivity index is 0.000000292. The molecule has 0 unspecified atom stereocenters. The van der Waals surface area contributed by atoms with E-state index in [-0.39, 0.29) is 11.5 Å². The number of amides is 1. The normalized spacial score (nSPS) is 13.5. The van der Waals surface area contributed by atoms with E-state index < -0.39 is 5.91 Å². The summed E-state index contributed by atoms with van der Waals surface area (Å²) in [6, 6.07) is 6.94. The molecule has 1 saturated carbocycles. The fourth-order valence-electron chi connectivity index (χ4n) is 2.50. The van der Waals surface area contributed by atoms with Gasteiger partial charge >= 0.3 is 0 Å². The monoisotopic (exact) mass is 328 g/mol. The third-order valence-corrected chi connectivity index (χ3v) is 3.70. The van der Waals surface area contributed by atoms with Gasteiger partial charge in [-0.3, -0.25) is 4.79 Å². The van der Waals surface area contributed by atoms with Crippen molar-refractivity contribution in [2.24, 2.45) is 5.73 Å². The summed E-state index contributed by atoms with van der Waals surface area (Å²) in [5.74, 6) is 0.0812. The zero-order valence-corrected chi connectivity index (χ0v) is 14.0. The van der Waals surface area contributed by atoms with Crippen molar-refractivity contribution in [1.29, 1.82) is 0 Å². The Morgan fingerprint density at radius 3 is 2.25 bits per heavy atom. The van der Waals surface area contributed by atoms with Gasteiger partial charge in [-0.1, -0.05) is 44.6 Å². The number of hydrogen-bond acceptors (Lipinski definition) is 6. The van der Waals surface area contributed by atoms with Crippen molar-refractivity contribution in [3.63, 3.8) is 0 Å². The first-order valence-corrected chi connectivity index (χ1v) is 8.20. The van der Waals surface area contributed by atoms with E-state index in [1.54, 1.807) is 6.07 Å². The van der Waals surface area contributed by atoms with Crippen LogP contribution in [0.3, 0.4) is 0 Å². The van der Waals surface area contributed by atoms with Crippen LogP contribution in [0.15, 0.2) is 24.3 Å². The van der Waals surface area contributed by atoms with Gasteiger partial charge in [-0.25, -0.2) is 4.98 Å². The Bertz CT molecular complexity index is 673. The molecule has 7 heteroatoms. The predicted molar refractivity (Wildman–Crippen MR) is 94.9 cm³/mol. The van der Waals surface area contributed by atoms with Crippen LogP contribution >= 0.6 is 0 Å². The number of carbonyl (C=O) groups is 1. The van der Waals surface area contributed by atoms with Gasteiger partial charge in [0.15, 0.2) is 5.69 Å². The standard InChI is InChI=1S/C11H12N6O.C6H12/c1-6-3-2-4-9(14-6)15-7-5-8(12)16-17-10(7)11(13)18;1-2-4-6-5-3-1/h2-5H,1H3,(H2,13,18)(H3,12,14,15,16);1-6H2. The fourth-order valence-corrected chi connectivity index (χ4v) is 2.50. The lowest BCUT2D eigenvalue weighted by Gasteiger charge is -2.08. The zero-order chi connectivity index (χ0) is 17.4. The van der Waals surface area contributed by atoms with Crippen LogP contribution in [0.1, 0.15) is 54.7 Å². The SMILES string of the molecule is C1CCCCC1.Cc1cccc(Nc2cc(N)nnc2C(N)=O)n1. The molecule has 0 aromatic carbocycles. The summed E-state index contributed by atoms with van der Waals surface area (Å²) >= 11 is 0. The summed E-state index contributed by atoms with van der Waals surface area (Å²) in [7, 11) is 0. The number of nitrogen functional groups attached to an aromatic ring is 1. The van der Waals surface area contributed by atoms with Crippen molar-refractivity contribution in [1.82, 2.24) is 15.2 Å². The van der Waals surface area contributed by atoms with E-state index in [0.717, 1.165) is 5.69 Å². The van der Waals surface area contributed by atoms with E-state index in [0.29, 0.717) is 11.5 Å².